The van der Waals surface area contributed by atoms with Crippen LogP contribution >= 0.6 is 0 Å². The lowest BCUT2D eigenvalue weighted by molar-refractivity contribution is -0.141. The number of esters is 1. The van der Waals surface area contributed by atoms with Crippen LogP contribution in [-0.2, 0) is 9.53 Å². The number of nitrogens with one attached hydrogen (secondary N) is 1. The molecule has 1 saturated heterocycles. The van der Waals surface area contributed by atoms with Crippen LogP contribution in [0.5, 0.6) is 28.7 Å². The number of carbonyl (C=O) groups excluding carboxylic acids is 2. The van der Waals surface area contributed by atoms with Gasteiger partial charge in [0.1, 0.15) is 5.82 Å². The minimum absolute atomic E-state index is 0.101. The number of benzene rings is 4. The minimum Gasteiger partial charge on any atom is -0.493 e. The Balaban J connectivity index is 1.29. The molecule has 2 aliphatic heterocycles. The standard InChI is InChI=1S/C35H30FNO8/c1-40-28-12-20(13-29(41-2)34(28)42-3)30-23-14-26-27(45-17-44-26)15-24(23)32(25-16-43-35(39)31(25)30)37-22-10-6-19(7-11-22)33(38)18-4-8-21(36)9-5-18/h4-15,25,30-32,37H,16-17H2,1-3H3/t25-,30+,31-,32+/m0/s1. The molecule has 4 aromatic carbocycles. The van der Waals surface area contributed by atoms with Gasteiger partial charge in [-0.25, -0.2) is 4.39 Å². The zero-order valence-electron chi connectivity index (χ0n) is 24.8. The highest BCUT2D eigenvalue weighted by atomic mass is 19.1. The number of cyclic esters (lactones) is 1. The molecular weight excluding hydrogens is 581 g/mol. The molecule has 3 aliphatic rings. The molecule has 0 unspecified atom stereocenters. The number of carbonyl (C=O) groups is 2. The number of rotatable bonds is 8. The van der Waals surface area contributed by atoms with Gasteiger partial charge in [0.25, 0.3) is 0 Å². The molecule has 4 atom stereocenters. The van der Waals surface area contributed by atoms with Gasteiger partial charge in [-0.15, -0.1) is 0 Å². The SMILES string of the molecule is COc1cc([C@@H]2c3cc4c(cc3[C@@H](Nc3ccc(C(=O)c5ccc(F)cc5)cc3)[C@H]3COC(=O)[C@H]23)OCO4)cc(OC)c1OC. The molecule has 9 nitrogen and oxygen atoms in total. The van der Waals surface area contributed by atoms with Crippen LogP contribution in [-0.4, -0.2) is 46.5 Å². The van der Waals surface area contributed by atoms with Crippen molar-refractivity contribution in [3.05, 3.63) is 106 Å². The number of ketones is 1. The normalized spacial score (nSPS) is 20.9. The summed E-state index contributed by atoms with van der Waals surface area (Å²) in [6, 6.07) is 19.9. The Morgan fingerprint density at radius 2 is 1.40 bits per heavy atom. The summed E-state index contributed by atoms with van der Waals surface area (Å²) < 4.78 is 47.5. The number of halogens is 1. The highest BCUT2D eigenvalue weighted by molar-refractivity contribution is 6.09. The third-order valence-electron chi connectivity index (χ3n) is 8.81. The number of fused-ring (bicyclic) bond motifs is 3. The summed E-state index contributed by atoms with van der Waals surface area (Å²) in [5.41, 5.74) is 4.25. The monoisotopic (exact) mass is 611 g/mol. The van der Waals surface area contributed by atoms with Crippen molar-refractivity contribution < 1.29 is 42.4 Å². The molecule has 0 radical (unpaired) electrons. The second-order valence-electron chi connectivity index (χ2n) is 11.1. The number of methoxy groups -OCH3 is 3. The van der Waals surface area contributed by atoms with E-state index in [9.17, 15) is 14.0 Å². The summed E-state index contributed by atoms with van der Waals surface area (Å²) >= 11 is 0. The van der Waals surface area contributed by atoms with Crippen LogP contribution in [0.1, 0.15) is 44.6 Å². The third kappa shape index (κ3) is 4.86. The van der Waals surface area contributed by atoms with Crippen molar-refractivity contribution in [2.75, 3.05) is 40.0 Å². The number of ether oxygens (including phenoxy) is 6. The average molecular weight is 612 g/mol. The van der Waals surface area contributed by atoms with E-state index >= 15 is 0 Å². The first kappa shape index (κ1) is 28.5. The van der Waals surface area contributed by atoms with Crippen LogP contribution in [0.3, 0.4) is 0 Å². The molecule has 230 valence electrons. The molecule has 0 aromatic heterocycles. The van der Waals surface area contributed by atoms with E-state index in [1.807, 2.05) is 36.4 Å². The van der Waals surface area contributed by atoms with E-state index in [4.69, 9.17) is 28.4 Å². The minimum atomic E-state index is -0.530. The Hall–Kier alpha value is -5.25. The van der Waals surface area contributed by atoms with Gasteiger partial charge >= 0.3 is 5.97 Å². The van der Waals surface area contributed by atoms with Gasteiger partial charge in [-0.2, -0.15) is 0 Å². The maximum Gasteiger partial charge on any atom is 0.310 e. The van der Waals surface area contributed by atoms with Gasteiger partial charge in [-0.05, 0) is 89.5 Å². The molecule has 7 rings (SSSR count). The summed E-state index contributed by atoms with van der Waals surface area (Å²) in [4.78, 5) is 26.5. The van der Waals surface area contributed by atoms with Crippen molar-refractivity contribution in [3.8, 4) is 28.7 Å². The van der Waals surface area contributed by atoms with E-state index < -0.39 is 17.7 Å². The van der Waals surface area contributed by atoms with Gasteiger partial charge in [-0.3, -0.25) is 9.59 Å². The van der Waals surface area contributed by atoms with E-state index in [0.717, 1.165) is 22.4 Å². The second-order valence-corrected chi connectivity index (χ2v) is 11.1. The molecule has 1 aliphatic carbocycles. The predicted molar refractivity (Wildman–Crippen MR) is 161 cm³/mol. The van der Waals surface area contributed by atoms with E-state index in [1.165, 1.54) is 24.3 Å². The zero-order valence-corrected chi connectivity index (χ0v) is 24.8. The molecule has 1 fully saturated rings. The Kier molecular flexibility index (Phi) is 7.19. The lowest BCUT2D eigenvalue weighted by Gasteiger charge is -2.40. The Morgan fingerprint density at radius 3 is 2.00 bits per heavy atom. The molecule has 0 saturated carbocycles. The highest BCUT2D eigenvalue weighted by Crippen LogP contribution is 2.56. The van der Waals surface area contributed by atoms with Gasteiger partial charge in [0, 0.05) is 28.7 Å². The quantitative estimate of drug-likeness (QED) is 0.193. The first-order chi connectivity index (χ1) is 21.9. The van der Waals surface area contributed by atoms with E-state index in [-0.39, 0.29) is 37.1 Å². The van der Waals surface area contributed by atoms with Crippen molar-refractivity contribution in [1.82, 2.24) is 0 Å². The largest absolute Gasteiger partial charge is 0.493 e. The van der Waals surface area contributed by atoms with E-state index in [1.54, 1.807) is 33.5 Å². The van der Waals surface area contributed by atoms with Crippen LogP contribution in [0.4, 0.5) is 10.1 Å². The molecule has 0 bridgehead atoms. The van der Waals surface area contributed by atoms with Crippen LogP contribution in [0.15, 0.2) is 72.8 Å². The topological polar surface area (TPSA) is 102 Å². The van der Waals surface area contributed by atoms with Gasteiger partial charge in [-0.1, -0.05) is 0 Å². The fourth-order valence-corrected chi connectivity index (χ4v) is 6.69. The molecule has 1 N–H and O–H groups in total. The first-order valence-corrected chi connectivity index (χ1v) is 14.5. The smallest absolute Gasteiger partial charge is 0.310 e. The summed E-state index contributed by atoms with van der Waals surface area (Å²) in [5, 5.41) is 3.61. The first-order valence-electron chi connectivity index (χ1n) is 14.5. The summed E-state index contributed by atoms with van der Waals surface area (Å²) in [6.45, 7) is 0.320. The molecule has 4 aromatic rings. The van der Waals surface area contributed by atoms with E-state index in [0.29, 0.717) is 39.9 Å². The van der Waals surface area contributed by atoms with Crippen molar-refractivity contribution in [1.29, 1.82) is 0 Å². The summed E-state index contributed by atoms with van der Waals surface area (Å²) in [6.07, 6.45) is 0. The molecule has 10 heteroatoms. The molecule has 0 spiro atoms. The highest BCUT2D eigenvalue weighted by Gasteiger charge is 2.52. The lowest BCUT2D eigenvalue weighted by Crippen LogP contribution is -2.37. The van der Waals surface area contributed by atoms with Gasteiger partial charge in [0.15, 0.2) is 28.8 Å². The second kappa shape index (κ2) is 11.4. The molecule has 0 amide bonds. The average Bonchev–Trinajstić information content (AvgIpc) is 3.69. The third-order valence-corrected chi connectivity index (χ3v) is 8.81. The number of anilines is 1. The summed E-state index contributed by atoms with van der Waals surface area (Å²) in [7, 11) is 4.65. The Morgan fingerprint density at radius 1 is 0.800 bits per heavy atom. The molecular formula is C35H30FNO8. The van der Waals surface area contributed by atoms with Crippen LogP contribution < -0.4 is 29.0 Å². The van der Waals surface area contributed by atoms with Gasteiger partial charge < -0.3 is 33.7 Å². The van der Waals surface area contributed by atoms with Crippen molar-refractivity contribution >= 4 is 17.4 Å². The Labute approximate surface area is 258 Å². The number of hydrogen-bond donors (Lipinski definition) is 1. The van der Waals surface area contributed by atoms with Gasteiger partial charge in [0.05, 0.1) is 39.9 Å². The van der Waals surface area contributed by atoms with Crippen molar-refractivity contribution in [3.63, 3.8) is 0 Å². The summed E-state index contributed by atoms with van der Waals surface area (Å²) in [5.74, 6) is 0.546. The van der Waals surface area contributed by atoms with Crippen molar-refractivity contribution in [2.24, 2.45) is 11.8 Å². The van der Waals surface area contributed by atoms with Crippen LogP contribution in [0, 0.1) is 17.7 Å². The fraction of sp³-hybridized carbons (Fsp3) is 0.257. The maximum atomic E-state index is 13.5. The van der Waals surface area contributed by atoms with Crippen LogP contribution in [0.25, 0.3) is 0 Å². The predicted octanol–water partition coefficient (Wildman–Crippen LogP) is 5.90. The maximum absolute atomic E-state index is 13.5. The molecule has 2 heterocycles. The molecule has 45 heavy (non-hydrogen) atoms. The fourth-order valence-electron chi connectivity index (χ4n) is 6.69. The van der Waals surface area contributed by atoms with Crippen molar-refractivity contribution in [2.45, 2.75) is 12.0 Å². The zero-order chi connectivity index (χ0) is 31.2. The van der Waals surface area contributed by atoms with Gasteiger partial charge in [0.2, 0.25) is 12.5 Å². The van der Waals surface area contributed by atoms with Crippen LogP contribution in [0.2, 0.25) is 0 Å². The lowest BCUT2D eigenvalue weighted by atomic mass is 9.65. The van der Waals surface area contributed by atoms with E-state index in [2.05, 4.69) is 5.32 Å². The number of hydrogen-bond acceptors (Lipinski definition) is 9. The Bertz CT molecular complexity index is 1760.